The Hall–Kier alpha value is -3.27. The number of carbonyl (C=O) groups is 1. The zero-order valence-corrected chi connectivity index (χ0v) is 16.0. The first-order chi connectivity index (χ1) is 13.7. The molecule has 3 heterocycles. The van der Waals surface area contributed by atoms with Crippen LogP contribution in [0.5, 0.6) is 0 Å². The maximum absolute atomic E-state index is 13.6. The number of rotatable bonds is 3. The van der Waals surface area contributed by atoms with Crippen molar-refractivity contribution in [2.24, 2.45) is 0 Å². The zero-order valence-electron chi connectivity index (χ0n) is 16.0. The molecular weight excluding hydrogens is 346 g/mol. The largest absolute Gasteiger partial charge is 0.348 e. The van der Waals surface area contributed by atoms with Gasteiger partial charge in [-0.3, -0.25) is 4.79 Å². The van der Waals surface area contributed by atoms with Crippen molar-refractivity contribution in [1.29, 1.82) is 0 Å². The Labute approximate surface area is 164 Å². The first-order valence-corrected chi connectivity index (χ1v) is 9.80. The molecule has 1 aliphatic heterocycles. The Morgan fingerprint density at radius 2 is 1.75 bits per heavy atom. The lowest BCUT2D eigenvalue weighted by Gasteiger charge is -2.35. The molecule has 4 aromatic rings. The molecule has 1 aliphatic rings. The van der Waals surface area contributed by atoms with Crippen molar-refractivity contribution in [3.8, 4) is 0 Å². The molecule has 0 radical (unpaired) electrons. The summed E-state index contributed by atoms with van der Waals surface area (Å²) in [6.07, 6.45) is 2.10. The Bertz CT molecular complexity index is 1140. The molecule has 28 heavy (non-hydrogen) atoms. The second-order valence-corrected chi connectivity index (χ2v) is 7.46. The van der Waals surface area contributed by atoms with Gasteiger partial charge in [-0.05, 0) is 36.8 Å². The van der Waals surface area contributed by atoms with Crippen molar-refractivity contribution in [3.63, 3.8) is 0 Å². The molecule has 140 valence electrons. The average molecular weight is 369 g/mol. The van der Waals surface area contributed by atoms with Gasteiger partial charge in [-0.25, -0.2) is 0 Å². The Morgan fingerprint density at radius 1 is 0.964 bits per heavy atom. The quantitative estimate of drug-likeness (QED) is 0.514. The SMILES string of the molecule is CC1c2cccn2CCN1C(=O)c1cc2ccccc2n1Cc1ccccc1. The van der Waals surface area contributed by atoms with Gasteiger partial charge >= 0.3 is 0 Å². The zero-order chi connectivity index (χ0) is 19.1. The molecule has 0 aliphatic carbocycles. The predicted octanol–water partition coefficient (Wildman–Crippen LogP) is 4.71. The lowest BCUT2D eigenvalue weighted by molar-refractivity contribution is 0.0634. The van der Waals surface area contributed by atoms with Crippen molar-refractivity contribution in [3.05, 3.63) is 95.9 Å². The number of hydrogen-bond acceptors (Lipinski definition) is 1. The minimum Gasteiger partial charge on any atom is -0.348 e. The Balaban J connectivity index is 1.57. The molecule has 0 N–H and O–H groups in total. The average Bonchev–Trinajstić information content (AvgIpc) is 3.34. The van der Waals surface area contributed by atoms with E-state index in [0.717, 1.165) is 29.7 Å². The van der Waals surface area contributed by atoms with Crippen molar-refractivity contribution in [2.75, 3.05) is 6.54 Å². The fourth-order valence-electron chi connectivity index (χ4n) is 4.33. The third-order valence-corrected chi connectivity index (χ3v) is 5.82. The third kappa shape index (κ3) is 2.73. The lowest BCUT2D eigenvalue weighted by Crippen LogP contribution is -2.41. The van der Waals surface area contributed by atoms with E-state index in [0.29, 0.717) is 6.54 Å². The summed E-state index contributed by atoms with van der Waals surface area (Å²) in [5, 5.41) is 1.11. The van der Waals surface area contributed by atoms with Crippen LogP contribution in [0.15, 0.2) is 79.0 Å². The number of para-hydroxylation sites is 1. The maximum Gasteiger partial charge on any atom is 0.271 e. The number of carbonyl (C=O) groups excluding carboxylic acids is 1. The summed E-state index contributed by atoms with van der Waals surface area (Å²) in [5.41, 5.74) is 4.25. The molecule has 5 rings (SSSR count). The van der Waals surface area contributed by atoms with Crippen LogP contribution in [0, 0.1) is 0 Å². The minimum atomic E-state index is 0.0689. The van der Waals surface area contributed by atoms with Gasteiger partial charge in [0.25, 0.3) is 5.91 Å². The molecule has 1 unspecified atom stereocenters. The van der Waals surface area contributed by atoms with E-state index in [9.17, 15) is 4.79 Å². The highest BCUT2D eigenvalue weighted by molar-refractivity contribution is 5.99. The fourth-order valence-corrected chi connectivity index (χ4v) is 4.33. The van der Waals surface area contributed by atoms with Gasteiger partial charge in [0, 0.05) is 42.4 Å². The van der Waals surface area contributed by atoms with Crippen molar-refractivity contribution >= 4 is 16.8 Å². The van der Waals surface area contributed by atoms with E-state index < -0.39 is 0 Å². The van der Waals surface area contributed by atoms with E-state index in [2.05, 4.69) is 58.7 Å². The number of nitrogens with zero attached hydrogens (tertiary/aromatic N) is 3. The van der Waals surface area contributed by atoms with E-state index in [1.54, 1.807) is 0 Å². The number of benzene rings is 2. The summed E-state index contributed by atoms with van der Waals surface area (Å²) in [4.78, 5) is 15.6. The monoisotopic (exact) mass is 369 g/mol. The third-order valence-electron chi connectivity index (χ3n) is 5.82. The molecule has 1 atom stereocenters. The topological polar surface area (TPSA) is 30.2 Å². The molecule has 0 fully saturated rings. The second kappa shape index (κ2) is 6.71. The Kier molecular flexibility index (Phi) is 4.05. The summed E-state index contributed by atoms with van der Waals surface area (Å²) < 4.78 is 4.40. The van der Waals surface area contributed by atoms with Gasteiger partial charge in [0.1, 0.15) is 5.69 Å². The Morgan fingerprint density at radius 3 is 2.61 bits per heavy atom. The van der Waals surface area contributed by atoms with Crippen LogP contribution in [0.1, 0.15) is 34.7 Å². The molecule has 2 aromatic carbocycles. The number of aromatic nitrogens is 2. The molecule has 4 nitrogen and oxygen atoms in total. The van der Waals surface area contributed by atoms with Crippen LogP contribution >= 0.6 is 0 Å². The highest BCUT2D eigenvalue weighted by Gasteiger charge is 2.30. The van der Waals surface area contributed by atoms with Gasteiger partial charge in [-0.1, -0.05) is 48.5 Å². The van der Waals surface area contributed by atoms with Crippen molar-refractivity contribution < 1.29 is 4.79 Å². The van der Waals surface area contributed by atoms with E-state index in [1.165, 1.54) is 11.3 Å². The lowest BCUT2D eigenvalue weighted by atomic mass is 10.1. The molecule has 2 aromatic heterocycles. The van der Waals surface area contributed by atoms with E-state index in [4.69, 9.17) is 0 Å². The van der Waals surface area contributed by atoms with Crippen LogP contribution in [0.2, 0.25) is 0 Å². The molecular formula is C24H23N3O. The molecule has 1 amide bonds. The minimum absolute atomic E-state index is 0.0689. The van der Waals surface area contributed by atoms with E-state index in [-0.39, 0.29) is 11.9 Å². The smallest absolute Gasteiger partial charge is 0.271 e. The van der Waals surface area contributed by atoms with Gasteiger partial charge in [-0.15, -0.1) is 0 Å². The summed E-state index contributed by atoms with van der Waals surface area (Å²) >= 11 is 0. The number of fused-ring (bicyclic) bond motifs is 2. The predicted molar refractivity (Wildman–Crippen MR) is 111 cm³/mol. The summed E-state index contributed by atoms with van der Waals surface area (Å²) in [5.74, 6) is 0.104. The highest BCUT2D eigenvalue weighted by atomic mass is 16.2. The van der Waals surface area contributed by atoms with Crippen LogP contribution in [0.25, 0.3) is 10.9 Å². The second-order valence-electron chi connectivity index (χ2n) is 7.46. The van der Waals surface area contributed by atoms with Gasteiger partial charge < -0.3 is 14.0 Å². The van der Waals surface area contributed by atoms with Gasteiger partial charge in [0.05, 0.1) is 6.04 Å². The molecule has 0 saturated heterocycles. The summed E-state index contributed by atoms with van der Waals surface area (Å²) in [6.45, 7) is 4.38. The first-order valence-electron chi connectivity index (χ1n) is 9.80. The van der Waals surface area contributed by atoms with E-state index in [1.807, 2.05) is 41.3 Å². The van der Waals surface area contributed by atoms with Crippen LogP contribution < -0.4 is 0 Å². The number of amides is 1. The molecule has 4 heteroatoms. The molecule has 0 spiro atoms. The highest BCUT2D eigenvalue weighted by Crippen LogP contribution is 2.29. The molecule has 0 bridgehead atoms. The molecule has 0 saturated carbocycles. The first kappa shape index (κ1) is 16.9. The normalized spacial score (nSPS) is 16.3. The fraction of sp³-hybridized carbons (Fsp3) is 0.208. The van der Waals surface area contributed by atoms with Crippen LogP contribution in [0.4, 0.5) is 0 Å². The van der Waals surface area contributed by atoms with Crippen LogP contribution in [0.3, 0.4) is 0 Å². The number of hydrogen-bond donors (Lipinski definition) is 0. The van der Waals surface area contributed by atoms with Crippen molar-refractivity contribution in [2.45, 2.75) is 26.1 Å². The van der Waals surface area contributed by atoms with Gasteiger partial charge in [-0.2, -0.15) is 0 Å². The standard InChI is InChI=1S/C24H23N3O/c1-18-21-12-7-13-25(21)14-15-26(18)24(28)23-16-20-10-5-6-11-22(20)27(23)17-19-8-3-2-4-9-19/h2-13,16,18H,14-15,17H2,1H3. The van der Waals surface area contributed by atoms with Crippen LogP contribution in [-0.2, 0) is 13.1 Å². The van der Waals surface area contributed by atoms with Gasteiger partial charge in [0.15, 0.2) is 0 Å². The van der Waals surface area contributed by atoms with Crippen molar-refractivity contribution in [1.82, 2.24) is 14.0 Å². The summed E-state index contributed by atoms with van der Waals surface area (Å²) in [7, 11) is 0. The van der Waals surface area contributed by atoms with E-state index >= 15 is 0 Å². The van der Waals surface area contributed by atoms with Gasteiger partial charge in [0.2, 0.25) is 0 Å². The van der Waals surface area contributed by atoms with Crippen LogP contribution in [-0.4, -0.2) is 26.5 Å². The maximum atomic E-state index is 13.6. The summed E-state index contributed by atoms with van der Waals surface area (Å²) in [6, 6.07) is 24.9.